The molecule has 0 aliphatic heterocycles. The average Bonchev–Trinajstić information content (AvgIpc) is 2.96. The first-order valence-electron chi connectivity index (χ1n) is 7.82. The van der Waals surface area contributed by atoms with E-state index in [9.17, 15) is 4.79 Å². The first kappa shape index (κ1) is 17.9. The fraction of sp³-hybridized carbons (Fsp3) is 0.412. The standard InChI is InChI=1S/C15H20N4O.C2H6/c1-12-11-14(15(20)17-10-6-5-9-16)19(18-12)13-7-3-2-4-8-13;1-2/h2-4,7-8,11H,5-6,9-10,16H2,1H3,(H,17,20);1-2H3. The summed E-state index contributed by atoms with van der Waals surface area (Å²) in [6.45, 7) is 7.16. The van der Waals surface area contributed by atoms with E-state index in [0.717, 1.165) is 24.2 Å². The Hall–Kier alpha value is -2.14. The first-order valence-corrected chi connectivity index (χ1v) is 7.82. The van der Waals surface area contributed by atoms with Crippen molar-refractivity contribution in [1.82, 2.24) is 15.1 Å². The normalized spacial score (nSPS) is 9.82. The SMILES string of the molecule is CC.Cc1cc(C(=O)NCCCCN)n(-c2ccccc2)n1. The maximum Gasteiger partial charge on any atom is 0.270 e. The zero-order valence-corrected chi connectivity index (χ0v) is 13.7. The lowest BCUT2D eigenvalue weighted by Gasteiger charge is -2.08. The summed E-state index contributed by atoms with van der Waals surface area (Å²) in [6, 6.07) is 11.4. The summed E-state index contributed by atoms with van der Waals surface area (Å²) in [5.41, 5.74) is 7.69. The molecule has 0 aliphatic carbocycles. The van der Waals surface area contributed by atoms with E-state index in [4.69, 9.17) is 5.73 Å². The maximum absolute atomic E-state index is 12.2. The van der Waals surface area contributed by atoms with Gasteiger partial charge in [0.1, 0.15) is 5.69 Å². The van der Waals surface area contributed by atoms with Crippen molar-refractivity contribution in [3.8, 4) is 5.69 Å². The molecule has 2 aromatic rings. The highest BCUT2D eigenvalue weighted by Crippen LogP contribution is 2.12. The molecule has 1 aromatic heterocycles. The molecule has 0 saturated carbocycles. The third kappa shape index (κ3) is 5.00. The summed E-state index contributed by atoms with van der Waals surface area (Å²) in [5.74, 6) is -0.105. The molecular weight excluding hydrogens is 276 g/mol. The Bertz CT molecular complexity index is 563. The van der Waals surface area contributed by atoms with Crippen LogP contribution in [0.15, 0.2) is 36.4 Å². The molecule has 0 radical (unpaired) electrons. The zero-order chi connectivity index (χ0) is 16.4. The molecule has 22 heavy (non-hydrogen) atoms. The highest BCUT2D eigenvalue weighted by atomic mass is 16.2. The Morgan fingerprint density at radius 1 is 1.23 bits per heavy atom. The first-order chi connectivity index (χ1) is 10.7. The molecule has 120 valence electrons. The minimum absolute atomic E-state index is 0.105. The van der Waals surface area contributed by atoms with E-state index < -0.39 is 0 Å². The zero-order valence-electron chi connectivity index (χ0n) is 13.7. The molecule has 1 aromatic carbocycles. The Balaban J connectivity index is 0.00000116. The van der Waals surface area contributed by atoms with Crippen LogP contribution >= 0.6 is 0 Å². The van der Waals surface area contributed by atoms with Gasteiger partial charge in [-0.1, -0.05) is 32.0 Å². The smallest absolute Gasteiger partial charge is 0.270 e. The second-order valence-electron chi connectivity index (χ2n) is 4.67. The van der Waals surface area contributed by atoms with Crippen molar-refractivity contribution in [2.24, 2.45) is 5.73 Å². The van der Waals surface area contributed by atoms with Crippen molar-refractivity contribution in [3.63, 3.8) is 0 Å². The predicted molar refractivity (Wildman–Crippen MR) is 90.3 cm³/mol. The number of hydrogen-bond acceptors (Lipinski definition) is 3. The van der Waals surface area contributed by atoms with Gasteiger partial charge in [0.15, 0.2) is 0 Å². The number of benzene rings is 1. The molecule has 2 rings (SSSR count). The number of unbranched alkanes of at least 4 members (excludes halogenated alkanes) is 1. The van der Waals surface area contributed by atoms with E-state index in [0.29, 0.717) is 18.8 Å². The lowest BCUT2D eigenvalue weighted by atomic mass is 10.3. The van der Waals surface area contributed by atoms with Crippen LogP contribution in [0.25, 0.3) is 5.69 Å². The van der Waals surface area contributed by atoms with Crippen LogP contribution in [-0.4, -0.2) is 28.8 Å². The Morgan fingerprint density at radius 3 is 2.55 bits per heavy atom. The number of aromatic nitrogens is 2. The highest BCUT2D eigenvalue weighted by Gasteiger charge is 2.14. The molecular formula is C17H26N4O. The molecule has 0 bridgehead atoms. The molecule has 0 saturated heterocycles. The monoisotopic (exact) mass is 302 g/mol. The largest absolute Gasteiger partial charge is 0.351 e. The number of carbonyl (C=O) groups excluding carboxylic acids is 1. The number of hydrogen-bond donors (Lipinski definition) is 2. The number of nitrogens with one attached hydrogen (secondary N) is 1. The van der Waals surface area contributed by atoms with Crippen LogP contribution in [0, 0.1) is 6.92 Å². The fourth-order valence-electron chi connectivity index (χ4n) is 1.99. The summed E-state index contributed by atoms with van der Waals surface area (Å²) in [5, 5.41) is 7.28. The number of amides is 1. The summed E-state index contributed by atoms with van der Waals surface area (Å²) < 4.78 is 1.67. The van der Waals surface area contributed by atoms with Gasteiger partial charge in [0.2, 0.25) is 0 Å². The van der Waals surface area contributed by atoms with Crippen molar-refractivity contribution in [3.05, 3.63) is 47.8 Å². The number of rotatable bonds is 6. The molecule has 1 amide bonds. The van der Waals surface area contributed by atoms with Gasteiger partial charge >= 0.3 is 0 Å². The van der Waals surface area contributed by atoms with E-state index in [-0.39, 0.29) is 5.91 Å². The van der Waals surface area contributed by atoms with Gasteiger partial charge in [-0.05, 0) is 44.5 Å². The van der Waals surface area contributed by atoms with E-state index in [2.05, 4.69) is 10.4 Å². The Kier molecular flexibility index (Phi) is 7.92. The third-order valence-electron chi connectivity index (χ3n) is 2.98. The molecule has 0 atom stereocenters. The maximum atomic E-state index is 12.2. The molecule has 5 nitrogen and oxygen atoms in total. The minimum Gasteiger partial charge on any atom is -0.351 e. The van der Waals surface area contributed by atoms with Gasteiger partial charge in [-0.25, -0.2) is 4.68 Å². The topological polar surface area (TPSA) is 72.9 Å². The molecule has 5 heteroatoms. The summed E-state index contributed by atoms with van der Waals surface area (Å²) in [6.07, 6.45) is 1.80. The summed E-state index contributed by atoms with van der Waals surface area (Å²) in [4.78, 5) is 12.2. The van der Waals surface area contributed by atoms with Crippen molar-refractivity contribution >= 4 is 5.91 Å². The highest BCUT2D eigenvalue weighted by molar-refractivity contribution is 5.93. The van der Waals surface area contributed by atoms with E-state index in [1.807, 2.05) is 51.1 Å². The van der Waals surface area contributed by atoms with Gasteiger partial charge in [0.25, 0.3) is 5.91 Å². The molecule has 1 heterocycles. The van der Waals surface area contributed by atoms with Crippen LogP contribution in [0.2, 0.25) is 0 Å². The van der Waals surface area contributed by atoms with Crippen LogP contribution in [-0.2, 0) is 0 Å². The number of nitrogens with zero attached hydrogens (tertiary/aromatic N) is 2. The lowest BCUT2D eigenvalue weighted by Crippen LogP contribution is -2.27. The number of nitrogens with two attached hydrogens (primary N) is 1. The number of para-hydroxylation sites is 1. The number of carbonyl (C=O) groups is 1. The van der Waals surface area contributed by atoms with Crippen molar-refractivity contribution in [2.45, 2.75) is 33.6 Å². The van der Waals surface area contributed by atoms with Crippen LogP contribution in [0.1, 0.15) is 42.9 Å². The summed E-state index contributed by atoms with van der Waals surface area (Å²) in [7, 11) is 0. The van der Waals surface area contributed by atoms with Gasteiger partial charge < -0.3 is 11.1 Å². The summed E-state index contributed by atoms with van der Waals surface area (Å²) >= 11 is 0. The van der Waals surface area contributed by atoms with Gasteiger partial charge in [-0.2, -0.15) is 5.10 Å². The van der Waals surface area contributed by atoms with Gasteiger partial charge in [-0.3, -0.25) is 4.79 Å². The molecule has 0 aliphatic rings. The van der Waals surface area contributed by atoms with E-state index in [1.165, 1.54) is 0 Å². The van der Waals surface area contributed by atoms with Crippen molar-refractivity contribution in [1.29, 1.82) is 0 Å². The van der Waals surface area contributed by atoms with Gasteiger partial charge in [0.05, 0.1) is 11.4 Å². The molecule has 0 unspecified atom stereocenters. The second kappa shape index (κ2) is 9.73. The average molecular weight is 302 g/mol. The Labute approximate surface area is 132 Å². The number of aryl methyl sites for hydroxylation is 1. The lowest BCUT2D eigenvalue weighted by molar-refractivity contribution is 0.0945. The second-order valence-corrected chi connectivity index (χ2v) is 4.67. The quantitative estimate of drug-likeness (QED) is 0.806. The molecule has 0 spiro atoms. The Morgan fingerprint density at radius 2 is 1.91 bits per heavy atom. The van der Waals surface area contributed by atoms with E-state index in [1.54, 1.807) is 10.7 Å². The predicted octanol–water partition coefficient (Wildman–Crippen LogP) is 2.68. The van der Waals surface area contributed by atoms with Crippen LogP contribution in [0.4, 0.5) is 0 Å². The molecule has 3 N–H and O–H groups in total. The third-order valence-corrected chi connectivity index (χ3v) is 2.98. The van der Waals surface area contributed by atoms with Crippen LogP contribution in [0.5, 0.6) is 0 Å². The van der Waals surface area contributed by atoms with Crippen LogP contribution < -0.4 is 11.1 Å². The molecule has 0 fully saturated rings. The minimum atomic E-state index is -0.105. The fourth-order valence-corrected chi connectivity index (χ4v) is 1.99. The van der Waals surface area contributed by atoms with Gasteiger partial charge in [-0.15, -0.1) is 0 Å². The van der Waals surface area contributed by atoms with Crippen molar-refractivity contribution in [2.75, 3.05) is 13.1 Å². The van der Waals surface area contributed by atoms with Gasteiger partial charge in [0, 0.05) is 6.54 Å². The van der Waals surface area contributed by atoms with Crippen molar-refractivity contribution < 1.29 is 4.79 Å². The van der Waals surface area contributed by atoms with Crippen LogP contribution in [0.3, 0.4) is 0 Å². The van der Waals surface area contributed by atoms with E-state index >= 15 is 0 Å².